The van der Waals surface area contributed by atoms with Gasteiger partial charge in [0.15, 0.2) is 0 Å². The Morgan fingerprint density at radius 1 is 0.909 bits per heavy atom. The van der Waals surface area contributed by atoms with Gasteiger partial charge in [-0.2, -0.15) is 11.8 Å². The number of nitrogens with zero attached hydrogens (tertiary/aromatic N) is 1. The van der Waals surface area contributed by atoms with Crippen molar-refractivity contribution < 1.29 is 19.1 Å². The molecule has 3 aromatic carbocycles. The number of hydrogen-bond acceptors (Lipinski definition) is 5. The molecule has 0 aliphatic heterocycles. The lowest BCUT2D eigenvalue weighted by atomic mass is 9.97. The van der Waals surface area contributed by atoms with E-state index >= 15 is 0 Å². The summed E-state index contributed by atoms with van der Waals surface area (Å²) < 4.78 is 5.52. The van der Waals surface area contributed by atoms with E-state index in [0.717, 1.165) is 53.1 Å². The number of carbonyl (C=O) groups is 3. The molecule has 0 aliphatic rings. The average Bonchev–Trinajstić information content (AvgIpc) is 2.97. The smallest absolute Gasteiger partial charge is 0.408 e. The number of ether oxygens (including phenoxy) is 1. The molecule has 0 saturated heterocycles. The molecular weight excluding hydrogens is 570 g/mol. The van der Waals surface area contributed by atoms with Gasteiger partial charge in [-0.3, -0.25) is 9.59 Å². The predicted octanol–water partition coefficient (Wildman–Crippen LogP) is 8.19. The van der Waals surface area contributed by atoms with Gasteiger partial charge in [-0.15, -0.1) is 0 Å². The van der Waals surface area contributed by atoms with Crippen molar-refractivity contribution in [1.29, 1.82) is 0 Å². The molecular formula is C36H49N3O4S. The van der Waals surface area contributed by atoms with E-state index in [0.29, 0.717) is 24.4 Å². The van der Waals surface area contributed by atoms with E-state index in [9.17, 15) is 14.4 Å². The number of aryl methyl sites for hydroxylation is 2. The van der Waals surface area contributed by atoms with Crippen LogP contribution in [0.15, 0.2) is 60.7 Å². The topological polar surface area (TPSA) is 87.7 Å². The van der Waals surface area contributed by atoms with Crippen molar-refractivity contribution >= 4 is 46.1 Å². The lowest BCUT2D eigenvalue weighted by molar-refractivity contribution is -0.141. The number of carbonyl (C=O) groups excluding carboxylic acids is 3. The zero-order chi connectivity index (χ0) is 32.3. The first-order valence-corrected chi connectivity index (χ1v) is 17.0. The summed E-state index contributed by atoms with van der Waals surface area (Å²) in [6.45, 7) is 11.9. The molecule has 0 saturated carbocycles. The number of alkyl carbamates (subject to hydrolysis) is 1. The fraction of sp³-hybridized carbons (Fsp3) is 0.472. The quantitative estimate of drug-likeness (QED) is 0.178. The van der Waals surface area contributed by atoms with E-state index in [1.165, 1.54) is 0 Å². The van der Waals surface area contributed by atoms with Crippen molar-refractivity contribution in [3.05, 3.63) is 77.4 Å². The number of amides is 3. The largest absolute Gasteiger partial charge is 0.444 e. The van der Waals surface area contributed by atoms with E-state index in [2.05, 4.69) is 17.6 Å². The minimum Gasteiger partial charge on any atom is -0.444 e. The SMILES string of the molecule is CCCCCCN(C(=O)C(CCSC)NC(=O)OC(C)(C)C)C(C(=O)Nc1ccc2ccccc2c1)c1ccc(C)c(C)c1. The molecule has 2 N–H and O–H groups in total. The van der Waals surface area contributed by atoms with Crippen molar-refractivity contribution in [2.24, 2.45) is 0 Å². The van der Waals surface area contributed by atoms with Crippen LogP contribution in [-0.2, 0) is 14.3 Å². The monoisotopic (exact) mass is 619 g/mol. The molecule has 0 radical (unpaired) electrons. The van der Waals surface area contributed by atoms with Crippen LogP contribution in [0.4, 0.5) is 10.5 Å². The Bertz CT molecular complexity index is 1420. The molecule has 3 aromatic rings. The molecule has 0 aliphatic carbocycles. The Kier molecular flexibility index (Phi) is 13.1. The second-order valence-electron chi connectivity index (χ2n) is 12.4. The Labute approximate surface area is 267 Å². The molecule has 2 unspecified atom stereocenters. The van der Waals surface area contributed by atoms with Gasteiger partial charge in [0.25, 0.3) is 5.91 Å². The molecule has 0 bridgehead atoms. The fourth-order valence-electron chi connectivity index (χ4n) is 5.10. The van der Waals surface area contributed by atoms with Gasteiger partial charge in [0.2, 0.25) is 5.91 Å². The van der Waals surface area contributed by atoms with E-state index in [1.54, 1.807) is 37.4 Å². The number of rotatable bonds is 14. The van der Waals surface area contributed by atoms with E-state index in [1.807, 2.05) is 80.8 Å². The third-order valence-corrected chi connectivity index (χ3v) is 8.20. The lowest BCUT2D eigenvalue weighted by Gasteiger charge is -2.35. The van der Waals surface area contributed by atoms with E-state index < -0.39 is 23.8 Å². The average molecular weight is 620 g/mol. The maximum absolute atomic E-state index is 14.5. The van der Waals surface area contributed by atoms with Gasteiger partial charge >= 0.3 is 6.09 Å². The van der Waals surface area contributed by atoms with Crippen molar-refractivity contribution in [3.8, 4) is 0 Å². The lowest BCUT2D eigenvalue weighted by Crippen LogP contribution is -2.52. The normalized spacial score (nSPS) is 12.8. The number of hydrogen-bond donors (Lipinski definition) is 2. The molecule has 7 nitrogen and oxygen atoms in total. The van der Waals surface area contributed by atoms with Gasteiger partial charge in [0.1, 0.15) is 17.7 Å². The highest BCUT2D eigenvalue weighted by Crippen LogP contribution is 2.28. The second kappa shape index (κ2) is 16.5. The fourth-order valence-corrected chi connectivity index (χ4v) is 5.58. The van der Waals surface area contributed by atoms with Crippen molar-refractivity contribution in [2.75, 3.05) is 23.9 Å². The highest BCUT2D eigenvalue weighted by molar-refractivity contribution is 7.98. The Balaban J connectivity index is 2.05. The summed E-state index contributed by atoms with van der Waals surface area (Å²) in [5.41, 5.74) is 2.82. The van der Waals surface area contributed by atoms with Crippen LogP contribution in [0.1, 0.15) is 82.5 Å². The highest BCUT2D eigenvalue weighted by Gasteiger charge is 2.36. The highest BCUT2D eigenvalue weighted by atomic mass is 32.2. The van der Waals surface area contributed by atoms with Gasteiger partial charge < -0.3 is 20.3 Å². The summed E-state index contributed by atoms with van der Waals surface area (Å²) in [7, 11) is 0. The molecule has 8 heteroatoms. The molecule has 44 heavy (non-hydrogen) atoms. The minimum absolute atomic E-state index is 0.293. The van der Waals surface area contributed by atoms with Crippen molar-refractivity contribution in [2.45, 2.75) is 91.3 Å². The third kappa shape index (κ3) is 10.3. The maximum atomic E-state index is 14.5. The maximum Gasteiger partial charge on any atom is 0.408 e. The Hall–Kier alpha value is -3.52. The number of nitrogens with one attached hydrogen (secondary N) is 2. The number of benzene rings is 3. The molecule has 3 amide bonds. The summed E-state index contributed by atoms with van der Waals surface area (Å²) in [5.74, 6) is 0.0690. The predicted molar refractivity (Wildman–Crippen MR) is 183 cm³/mol. The van der Waals surface area contributed by atoms with Crippen LogP contribution in [0.25, 0.3) is 10.8 Å². The standard InChI is InChI=1S/C36H49N3O4S/c1-8-9-10-13-21-39(34(41)31(20-22-44-7)38-35(42)43-36(4,5)6)32(29-17-16-25(2)26(3)23-29)33(40)37-30-19-18-27-14-11-12-15-28(27)24-30/h11-12,14-19,23-24,31-32H,8-10,13,20-22H2,1-7H3,(H,37,40)(H,38,42). The zero-order valence-corrected chi connectivity index (χ0v) is 28.2. The molecule has 0 heterocycles. The molecule has 0 aromatic heterocycles. The summed E-state index contributed by atoms with van der Waals surface area (Å²) in [5, 5.41) is 8.03. The van der Waals surface area contributed by atoms with Crippen LogP contribution in [0, 0.1) is 13.8 Å². The van der Waals surface area contributed by atoms with Gasteiger partial charge in [-0.05, 0) is 99.1 Å². The van der Waals surface area contributed by atoms with Crippen LogP contribution < -0.4 is 10.6 Å². The number of unbranched alkanes of at least 4 members (excludes halogenated alkanes) is 3. The van der Waals surface area contributed by atoms with Crippen LogP contribution in [0.3, 0.4) is 0 Å². The first-order chi connectivity index (χ1) is 20.9. The number of anilines is 1. The third-order valence-electron chi connectivity index (χ3n) is 7.56. The molecule has 0 spiro atoms. The summed E-state index contributed by atoms with van der Waals surface area (Å²) >= 11 is 1.60. The Morgan fingerprint density at radius 2 is 1.64 bits per heavy atom. The summed E-state index contributed by atoms with van der Waals surface area (Å²) in [6, 6.07) is 18.0. The molecule has 3 rings (SSSR count). The number of thioether (sulfide) groups is 1. The van der Waals surface area contributed by atoms with Crippen LogP contribution in [-0.4, -0.2) is 53.0 Å². The van der Waals surface area contributed by atoms with Gasteiger partial charge in [0, 0.05) is 12.2 Å². The summed E-state index contributed by atoms with van der Waals surface area (Å²) in [6.07, 6.45) is 5.49. The molecule has 2 atom stereocenters. The molecule has 238 valence electrons. The van der Waals surface area contributed by atoms with Gasteiger partial charge in [0.05, 0.1) is 0 Å². The number of fused-ring (bicyclic) bond motifs is 1. The van der Waals surface area contributed by atoms with Gasteiger partial charge in [-0.1, -0.05) is 74.7 Å². The second-order valence-corrected chi connectivity index (χ2v) is 13.4. The van der Waals surface area contributed by atoms with Gasteiger partial charge in [-0.25, -0.2) is 4.79 Å². The Morgan fingerprint density at radius 3 is 2.30 bits per heavy atom. The van der Waals surface area contributed by atoms with E-state index in [-0.39, 0.29) is 11.8 Å². The van der Waals surface area contributed by atoms with E-state index in [4.69, 9.17) is 4.74 Å². The zero-order valence-electron chi connectivity index (χ0n) is 27.4. The van der Waals surface area contributed by atoms with Crippen LogP contribution in [0.5, 0.6) is 0 Å². The van der Waals surface area contributed by atoms with Crippen molar-refractivity contribution in [1.82, 2.24) is 10.2 Å². The van der Waals surface area contributed by atoms with Crippen LogP contribution >= 0.6 is 11.8 Å². The van der Waals surface area contributed by atoms with Crippen molar-refractivity contribution in [3.63, 3.8) is 0 Å². The first-order valence-electron chi connectivity index (χ1n) is 15.6. The van der Waals surface area contributed by atoms with Crippen LogP contribution in [0.2, 0.25) is 0 Å². The minimum atomic E-state index is -0.896. The molecule has 0 fully saturated rings. The summed E-state index contributed by atoms with van der Waals surface area (Å²) in [4.78, 5) is 43.3. The first kappa shape index (κ1) is 35.0.